The van der Waals surface area contributed by atoms with Gasteiger partial charge in [0.25, 0.3) is 5.56 Å². The average molecular weight is 492 g/mol. The zero-order valence-corrected chi connectivity index (χ0v) is 20.6. The number of aromatic nitrogens is 2. The molecule has 1 aliphatic carbocycles. The summed E-state index contributed by atoms with van der Waals surface area (Å²) < 4.78 is 6.83. The number of carbonyl (C=O) groups is 1. The Balaban J connectivity index is 1.42. The number of methoxy groups -OCH3 is 1. The zero-order chi connectivity index (χ0) is 23.7. The Morgan fingerprint density at radius 2 is 1.94 bits per heavy atom. The van der Waals surface area contributed by atoms with Crippen LogP contribution in [0.1, 0.15) is 36.8 Å². The van der Waals surface area contributed by atoms with E-state index in [-0.39, 0.29) is 11.5 Å². The molecule has 0 spiro atoms. The van der Waals surface area contributed by atoms with Crippen molar-refractivity contribution in [3.8, 4) is 11.4 Å². The van der Waals surface area contributed by atoms with E-state index in [1.54, 1.807) is 11.7 Å². The lowest BCUT2D eigenvalue weighted by Crippen LogP contribution is -2.31. The molecule has 4 aromatic rings. The second kappa shape index (κ2) is 9.64. The maximum absolute atomic E-state index is 13.7. The van der Waals surface area contributed by atoms with Crippen molar-refractivity contribution >= 4 is 39.2 Å². The second-order valence-corrected chi connectivity index (χ2v) is 10.5. The van der Waals surface area contributed by atoms with Gasteiger partial charge in [-0.25, -0.2) is 4.98 Å². The minimum Gasteiger partial charge on any atom is -0.497 e. The number of para-hydroxylation sites is 1. The summed E-state index contributed by atoms with van der Waals surface area (Å²) in [5.74, 6) is 1.13. The Morgan fingerprint density at radius 1 is 1.21 bits per heavy atom. The maximum Gasteiger partial charge on any atom is 0.267 e. The summed E-state index contributed by atoms with van der Waals surface area (Å²) in [6.45, 7) is 2.26. The number of nitrogens with zero attached hydrogens (tertiary/aromatic N) is 2. The van der Waals surface area contributed by atoms with Crippen molar-refractivity contribution in [2.24, 2.45) is 0 Å². The maximum atomic E-state index is 13.7. The van der Waals surface area contributed by atoms with Gasteiger partial charge in [-0.15, -0.1) is 11.3 Å². The summed E-state index contributed by atoms with van der Waals surface area (Å²) >= 11 is 2.82. The molecule has 2 heterocycles. The smallest absolute Gasteiger partial charge is 0.267 e. The second-order valence-electron chi connectivity index (χ2n) is 8.34. The molecule has 0 radical (unpaired) electrons. The van der Waals surface area contributed by atoms with Crippen LogP contribution in [-0.4, -0.2) is 27.8 Å². The number of carbonyl (C=O) groups excluding carboxylic acids is 1. The van der Waals surface area contributed by atoms with E-state index in [2.05, 4.69) is 10.7 Å². The summed E-state index contributed by atoms with van der Waals surface area (Å²) in [5, 5.41) is 5.87. The molecule has 1 aliphatic rings. The van der Waals surface area contributed by atoms with Crippen LogP contribution >= 0.6 is 23.1 Å². The van der Waals surface area contributed by atoms with E-state index >= 15 is 0 Å². The van der Waals surface area contributed by atoms with Crippen molar-refractivity contribution in [2.75, 3.05) is 7.11 Å². The topological polar surface area (TPSA) is 73.2 Å². The molecule has 1 fully saturated rings. The molecule has 34 heavy (non-hydrogen) atoms. The highest BCUT2D eigenvalue weighted by Crippen LogP contribution is 2.44. The number of fused-ring (bicyclic) bond motifs is 1. The highest BCUT2D eigenvalue weighted by Gasteiger charge is 2.29. The first-order valence-electron chi connectivity index (χ1n) is 11.2. The standard InChI is InChI=1S/C26H25N3O3S2/c1-16(23(30)27-14-17-8-12-20(32-2)13-9-17)34-26-28-24-22(21(15-33-24)18-10-11-18)25(31)29(26)19-6-4-3-5-7-19/h3-9,12-13,15-16,18H,10-11,14H2,1-2H3,(H,27,30). The van der Waals surface area contributed by atoms with Gasteiger partial charge in [-0.1, -0.05) is 42.1 Å². The summed E-state index contributed by atoms with van der Waals surface area (Å²) in [4.78, 5) is 32.2. The van der Waals surface area contributed by atoms with Crippen LogP contribution in [0.3, 0.4) is 0 Å². The third-order valence-corrected chi connectivity index (χ3v) is 7.86. The van der Waals surface area contributed by atoms with E-state index in [4.69, 9.17) is 9.72 Å². The number of thioether (sulfide) groups is 1. The molecule has 1 atom stereocenters. The monoisotopic (exact) mass is 491 g/mol. The molecule has 1 amide bonds. The average Bonchev–Trinajstić information content (AvgIpc) is 3.62. The molecule has 5 rings (SSSR count). The largest absolute Gasteiger partial charge is 0.497 e. The molecule has 0 saturated heterocycles. The predicted molar refractivity (Wildman–Crippen MR) is 137 cm³/mol. The first kappa shape index (κ1) is 22.7. The number of amides is 1. The number of nitrogens with one attached hydrogen (secondary N) is 1. The molecule has 8 heteroatoms. The Bertz CT molecular complexity index is 1380. The van der Waals surface area contributed by atoms with Gasteiger partial charge in [-0.2, -0.15) is 0 Å². The molecule has 0 aliphatic heterocycles. The van der Waals surface area contributed by atoms with Crippen molar-refractivity contribution < 1.29 is 9.53 Å². The molecule has 1 N–H and O–H groups in total. The zero-order valence-electron chi connectivity index (χ0n) is 19.0. The Morgan fingerprint density at radius 3 is 2.62 bits per heavy atom. The Labute approximate surface area is 206 Å². The molecule has 1 saturated carbocycles. The van der Waals surface area contributed by atoms with Crippen LogP contribution in [0.2, 0.25) is 0 Å². The lowest BCUT2D eigenvalue weighted by molar-refractivity contribution is -0.120. The molecular formula is C26H25N3O3S2. The first-order valence-corrected chi connectivity index (χ1v) is 13.0. The first-order chi connectivity index (χ1) is 16.5. The number of hydrogen-bond donors (Lipinski definition) is 1. The van der Waals surface area contributed by atoms with Gasteiger partial charge >= 0.3 is 0 Å². The van der Waals surface area contributed by atoms with Gasteiger partial charge in [0.15, 0.2) is 5.16 Å². The van der Waals surface area contributed by atoms with Crippen LogP contribution < -0.4 is 15.6 Å². The van der Waals surface area contributed by atoms with Crippen molar-refractivity contribution in [1.82, 2.24) is 14.9 Å². The summed E-state index contributed by atoms with van der Waals surface area (Å²) in [6, 6.07) is 17.1. The fourth-order valence-electron chi connectivity index (χ4n) is 3.86. The van der Waals surface area contributed by atoms with Gasteiger partial charge in [-0.05, 0) is 66.5 Å². The SMILES string of the molecule is COc1ccc(CNC(=O)C(C)Sc2nc3scc(C4CC4)c3c(=O)n2-c2ccccc2)cc1. The normalized spacial score (nSPS) is 14.2. The van der Waals surface area contributed by atoms with Crippen molar-refractivity contribution in [2.45, 2.75) is 42.6 Å². The van der Waals surface area contributed by atoms with Crippen LogP contribution in [0.4, 0.5) is 0 Å². The van der Waals surface area contributed by atoms with Crippen LogP contribution in [0.15, 0.2) is 69.9 Å². The quantitative estimate of drug-likeness (QED) is 0.273. The molecule has 1 unspecified atom stereocenters. The number of rotatable bonds is 8. The molecule has 6 nitrogen and oxygen atoms in total. The molecule has 0 bridgehead atoms. The van der Waals surface area contributed by atoms with Crippen LogP contribution in [-0.2, 0) is 11.3 Å². The number of ether oxygens (including phenoxy) is 1. The van der Waals surface area contributed by atoms with Crippen molar-refractivity contribution in [3.05, 3.63) is 81.5 Å². The summed E-state index contributed by atoms with van der Waals surface area (Å²) in [7, 11) is 1.62. The van der Waals surface area contributed by atoms with Gasteiger partial charge in [0.2, 0.25) is 5.91 Å². The summed E-state index contributed by atoms with van der Waals surface area (Å²) in [5.41, 5.74) is 2.79. The van der Waals surface area contributed by atoms with E-state index in [1.807, 2.05) is 61.5 Å². The molecule has 2 aromatic heterocycles. The highest BCUT2D eigenvalue weighted by atomic mass is 32.2. The van der Waals surface area contributed by atoms with Crippen molar-refractivity contribution in [1.29, 1.82) is 0 Å². The third kappa shape index (κ3) is 4.60. The molecule has 2 aromatic carbocycles. The van der Waals surface area contributed by atoms with Crippen LogP contribution in [0, 0.1) is 0 Å². The van der Waals surface area contributed by atoms with Gasteiger partial charge < -0.3 is 10.1 Å². The fourth-order valence-corrected chi connectivity index (χ4v) is 5.87. The minimum atomic E-state index is -0.430. The lowest BCUT2D eigenvalue weighted by Gasteiger charge is -2.16. The third-order valence-electron chi connectivity index (χ3n) is 5.91. The number of hydrogen-bond acceptors (Lipinski definition) is 6. The van der Waals surface area contributed by atoms with Gasteiger partial charge in [-0.3, -0.25) is 14.2 Å². The lowest BCUT2D eigenvalue weighted by atomic mass is 10.1. The van der Waals surface area contributed by atoms with E-state index in [1.165, 1.54) is 23.1 Å². The van der Waals surface area contributed by atoms with Crippen LogP contribution in [0.5, 0.6) is 5.75 Å². The molecule has 174 valence electrons. The van der Waals surface area contributed by atoms with E-state index in [0.717, 1.165) is 45.6 Å². The van der Waals surface area contributed by atoms with E-state index < -0.39 is 5.25 Å². The van der Waals surface area contributed by atoms with Crippen molar-refractivity contribution in [3.63, 3.8) is 0 Å². The summed E-state index contributed by atoms with van der Waals surface area (Å²) in [6.07, 6.45) is 2.25. The fraction of sp³-hybridized carbons (Fsp3) is 0.269. The number of thiophene rings is 1. The Hall–Kier alpha value is -3.10. The highest BCUT2D eigenvalue weighted by molar-refractivity contribution is 8.00. The number of benzene rings is 2. The predicted octanol–water partition coefficient (Wildman–Crippen LogP) is 5.13. The van der Waals surface area contributed by atoms with Crippen LogP contribution in [0.25, 0.3) is 15.9 Å². The van der Waals surface area contributed by atoms with Gasteiger partial charge in [0, 0.05) is 6.54 Å². The van der Waals surface area contributed by atoms with E-state index in [0.29, 0.717) is 17.6 Å². The van der Waals surface area contributed by atoms with Gasteiger partial charge in [0.05, 0.1) is 23.4 Å². The Kier molecular flexibility index (Phi) is 6.43. The van der Waals surface area contributed by atoms with Gasteiger partial charge in [0.1, 0.15) is 10.6 Å². The van der Waals surface area contributed by atoms with E-state index in [9.17, 15) is 9.59 Å². The molecular weight excluding hydrogens is 466 g/mol. The minimum absolute atomic E-state index is 0.0623.